The number of H-pyrrole nitrogens is 1. The number of rotatable bonds is 5. The van der Waals surface area contributed by atoms with Crippen molar-refractivity contribution in [1.82, 2.24) is 20.6 Å². The van der Waals surface area contributed by atoms with Gasteiger partial charge in [-0.05, 0) is 35.2 Å². The molecule has 6 nitrogen and oxygen atoms in total. The molecule has 0 radical (unpaired) electrons. The van der Waals surface area contributed by atoms with E-state index in [1.54, 1.807) is 6.20 Å². The molecule has 1 heterocycles. The molecule has 1 aromatic heterocycles. The molecule has 2 N–H and O–H groups in total. The number of hydrogen-bond acceptors (Lipinski definition) is 5. The molecule has 0 saturated heterocycles. The van der Waals surface area contributed by atoms with Gasteiger partial charge in [0.15, 0.2) is 0 Å². The lowest BCUT2D eigenvalue weighted by Gasteiger charge is -2.14. The van der Waals surface area contributed by atoms with Crippen LogP contribution in [0.1, 0.15) is 30.8 Å². The van der Waals surface area contributed by atoms with E-state index in [9.17, 15) is 5.26 Å². The van der Waals surface area contributed by atoms with Crippen LogP contribution in [-0.4, -0.2) is 20.6 Å². The van der Waals surface area contributed by atoms with Crippen LogP contribution in [0.25, 0.3) is 5.57 Å². The molecule has 0 atom stereocenters. The lowest BCUT2D eigenvalue weighted by Crippen LogP contribution is -2.01. The molecule has 0 bridgehead atoms. The SMILES string of the molecule is CCc1ccc(Cl)c(CC)c1NC=C(C#N)c1nn[nH]n1. The number of halogens is 1. The number of anilines is 1. The number of aryl methyl sites for hydroxylation is 1. The van der Waals surface area contributed by atoms with Gasteiger partial charge in [-0.25, -0.2) is 0 Å². The van der Waals surface area contributed by atoms with Crippen LogP contribution in [0.4, 0.5) is 5.69 Å². The lowest BCUT2D eigenvalue weighted by atomic mass is 10.0. The molecule has 0 aliphatic rings. The Kier molecular flexibility index (Phi) is 4.90. The summed E-state index contributed by atoms with van der Waals surface area (Å²) in [6.07, 6.45) is 3.24. The van der Waals surface area contributed by atoms with Crippen molar-refractivity contribution in [3.8, 4) is 6.07 Å². The molecule has 2 aromatic rings. The molecule has 0 aliphatic carbocycles. The van der Waals surface area contributed by atoms with Crippen LogP contribution in [0.3, 0.4) is 0 Å². The van der Waals surface area contributed by atoms with Crippen LogP contribution in [-0.2, 0) is 12.8 Å². The summed E-state index contributed by atoms with van der Waals surface area (Å²) in [4.78, 5) is 0. The Morgan fingerprint density at radius 2 is 2.24 bits per heavy atom. The molecule has 0 unspecified atom stereocenters. The van der Waals surface area contributed by atoms with Gasteiger partial charge in [-0.2, -0.15) is 10.5 Å². The smallest absolute Gasteiger partial charge is 0.216 e. The zero-order valence-electron chi connectivity index (χ0n) is 11.8. The van der Waals surface area contributed by atoms with Crippen molar-refractivity contribution in [2.75, 3.05) is 5.32 Å². The van der Waals surface area contributed by atoms with Gasteiger partial charge in [0.05, 0.1) is 0 Å². The zero-order valence-corrected chi connectivity index (χ0v) is 12.6. The topological polar surface area (TPSA) is 90.3 Å². The molecule has 1 aromatic carbocycles. The van der Waals surface area contributed by atoms with Gasteiger partial charge in [0, 0.05) is 16.9 Å². The Morgan fingerprint density at radius 3 is 2.81 bits per heavy atom. The van der Waals surface area contributed by atoms with Crippen molar-refractivity contribution in [1.29, 1.82) is 5.26 Å². The second-order valence-electron chi connectivity index (χ2n) is 4.32. The maximum Gasteiger partial charge on any atom is 0.216 e. The fourth-order valence-corrected chi connectivity index (χ4v) is 2.35. The number of nitriles is 1. The first-order valence-corrected chi connectivity index (χ1v) is 6.99. The minimum atomic E-state index is 0.253. The van der Waals surface area contributed by atoms with Crippen LogP contribution in [0.5, 0.6) is 0 Å². The molecule has 21 heavy (non-hydrogen) atoms. The van der Waals surface area contributed by atoms with Gasteiger partial charge in [-0.15, -0.1) is 10.2 Å². The van der Waals surface area contributed by atoms with E-state index in [1.165, 1.54) is 0 Å². The molecule has 2 rings (SSSR count). The number of hydrogen-bond donors (Lipinski definition) is 2. The van der Waals surface area contributed by atoms with E-state index in [0.717, 1.165) is 29.7 Å². The van der Waals surface area contributed by atoms with E-state index in [2.05, 4.69) is 32.9 Å². The third-order valence-electron chi connectivity index (χ3n) is 3.14. The second kappa shape index (κ2) is 6.86. The predicted molar refractivity (Wildman–Crippen MR) is 81.6 cm³/mol. The van der Waals surface area contributed by atoms with E-state index < -0.39 is 0 Å². The molecule has 108 valence electrons. The Bertz CT molecular complexity index is 684. The van der Waals surface area contributed by atoms with Gasteiger partial charge >= 0.3 is 0 Å². The highest BCUT2D eigenvalue weighted by Crippen LogP contribution is 2.29. The van der Waals surface area contributed by atoms with Gasteiger partial charge in [0.2, 0.25) is 5.82 Å². The molecule has 0 amide bonds. The minimum Gasteiger partial charge on any atom is -0.360 e. The number of allylic oxidation sites excluding steroid dienone is 1. The number of aromatic amines is 1. The van der Waals surface area contributed by atoms with Crippen molar-refractivity contribution in [3.05, 3.63) is 40.3 Å². The fraction of sp³-hybridized carbons (Fsp3) is 0.286. The highest BCUT2D eigenvalue weighted by Gasteiger charge is 2.11. The van der Waals surface area contributed by atoms with Gasteiger partial charge in [0.1, 0.15) is 11.6 Å². The largest absolute Gasteiger partial charge is 0.360 e. The van der Waals surface area contributed by atoms with Crippen molar-refractivity contribution in [2.45, 2.75) is 26.7 Å². The van der Waals surface area contributed by atoms with E-state index in [-0.39, 0.29) is 5.82 Å². The molecule has 7 heteroatoms. The van der Waals surface area contributed by atoms with Crippen LogP contribution in [0, 0.1) is 11.3 Å². The van der Waals surface area contributed by atoms with Gasteiger partial charge in [-0.1, -0.05) is 31.5 Å². The number of benzene rings is 1. The molecule has 0 saturated carbocycles. The standard InChI is InChI=1S/C14H15ClN6/c1-3-9-5-6-12(15)11(4-2)13(9)17-8-10(7-16)14-18-20-21-19-14/h5-6,8,17H,3-4H2,1-2H3,(H,18,19,20,21). The van der Waals surface area contributed by atoms with Crippen LogP contribution in [0.2, 0.25) is 5.02 Å². The van der Waals surface area contributed by atoms with Crippen LogP contribution in [0.15, 0.2) is 18.3 Å². The van der Waals surface area contributed by atoms with E-state index >= 15 is 0 Å². The van der Waals surface area contributed by atoms with Gasteiger partial charge < -0.3 is 5.32 Å². The number of nitrogens with one attached hydrogen (secondary N) is 2. The molecule has 0 fully saturated rings. The quantitative estimate of drug-likeness (QED) is 0.829. The third kappa shape index (κ3) is 3.20. The van der Waals surface area contributed by atoms with Crippen molar-refractivity contribution >= 4 is 22.9 Å². The monoisotopic (exact) mass is 302 g/mol. The Morgan fingerprint density at radius 1 is 1.43 bits per heavy atom. The zero-order chi connectivity index (χ0) is 15.2. The number of nitrogens with zero attached hydrogens (tertiary/aromatic N) is 4. The maximum absolute atomic E-state index is 9.18. The molecular formula is C14H15ClN6. The minimum absolute atomic E-state index is 0.253. The summed E-state index contributed by atoms with van der Waals surface area (Å²) in [5.41, 5.74) is 3.40. The summed E-state index contributed by atoms with van der Waals surface area (Å²) in [6, 6.07) is 5.93. The fourth-order valence-electron chi connectivity index (χ4n) is 2.06. The van der Waals surface area contributed by atoms with E-state index in [4.69, 9.17) is 11.6 Å². The summed E-state index contributed by atoms with van der Waals surface area (Å²) in [7, 11) is 0. The van der Waals surface area contributed by atoms with Gasteiger partial charge in [0.25, 0.3) is 0 Å². The lowest BCUT2D eigenvalue weighted by molar-refractivity contribution is 0.881. The number of aromatic nitrogens is 4. The van der Waals surface area contributed by atoms with Gasteiger partial charge in [-0.3, -0.25) is 0 Å². The first-order chi connectivity index (χ1) is 10.2. The van der Waals surface area contributed by atoms with Crippen molar-refractivity contribution in [2.24, 2.45) is 0 Å². The Labute approximate surface area is 127 Å². The van der Waals surface area contributed by atoms with Crippen LogP contribution >= 0.6 is 11.6 Å². The average Bonchev–Trinajstić information content (AvgIpc) is 3.02. The summed E-state index contributed by atoms with van der Waals surface area (Å²) >= 11 is 6.24. The maximum atomic E-state index is 9.18. The first-order valence-electron chi connectivity index (χ1n) is 6.62. The average molecular weight is 303 g/mol. The van der Waals surface area contributed by atoms with E-state index in [0.29, 0.717) is 10.6 Å². The predicted octanol–water partition coefficient (Wildman–Crippen LogP) is 2.95. The molecule has 0 aliphatic heterocycles. The molecular weight excluding hydrogens is 288 g/mol. The van der Waals surface area contributed by atoms with Crippen molar-refractivity contribution in [3.63, 3.8) is 0 Å². The highest BCUT2D eigenvalue weighted by atomic mass is 35.5. The van der Waals surface area contributed by atoms with Crippen molar-refractivity contribution < 1.29 is 0 Å². The van der Waals surface area contributed by atoms with E-state index in [1.807, 2.05) is 25.1 Å². The normalized spacial score (nSPS) is 11.2. The Hall–Kier alpha value is -2.39. The molecule has 0 spiro atoms. The highest BCUT2D eigenvalue weighted by molar-refractivity contribution is 6.31. The summed E-state index contributed by atoms with van der Waals surface area (Å²) < 4.78 is 0. The Balaban J connectivity index is 2.39. The summed E-state index contributed by atoms with van der Waals surface area (Å²) in [5.74, 6) is 0.253. The summed E-state index contributed by atoms with van der Waals surface area (Å²) in [5, 5.41) is 26.4. The third-order valence-corrected chi connectivity index (χ3v) is 3.50. The van der Waals surface area contributed by atoms with Crippen LogP contribution < -0.4 is 5.32 Å². The second-order valence-corrected chi connectivity index (χ2v) is 4.72. The first kappa shape index (κ1) is 15.0. The number of tetrazole rings is 1. The summed E-state index contributed by atoms with van der Waals surface area (Å²) in [6.45, 7) is 4.11.